The minimum atomic E-state index is 0.0771. The van der Waals surface area contributed by atoms with Crippen LogP contribution in [0.2, 0.25) is 0 Å². The molecule has 1 heterocycles. The SMILES string of the molecule is CC(C)NC[C@@H](C)Oc1ccc(CCC(=O)C(C)C)cn1. The second-order valence-electron chi connectivity index (χ2n) is 6.12. The fourth-order valence-electron chi connectivity index (χ4n) is 1.83. The number of nitrogens with one attached hydrogen (secondary N) is 1. The largest absolute Gasteiger partial charge is 0.473 e. The molecule has 0 amide bonds. The molecule has 0 aliphatic rings. The van der Waals surface area contributed by atoms with E-state index in [1.807, 2.05) is 32.9 Å². The number of aromatic nitrogens is 1. The van der Waals surface area contributed by atoms with Crippen molar-refractivity contribution in [3.63, 3.8) is 0 Å². The summed E-state index contributed by atoms with van der Waals surface area (Å²) in [5, 5.41) is 3.33. The molecule has 0 radical (unpaired) electrons. The van der Waals surface area contributed by atoms with Crippen molar-refractivity contribution in [2.75, 3.05) is 6.54 Å². The van der Waals surface area contributed by atoms with Crippen molar-refractivity contribution in [1.82, 2.24) is 10.3 Å². The summed E-state index contributed by atoms with van der Waals surface area (Å²) < 4.78 is 5.74. The van der Waals surface area contributed by atoms with Gasteiger partial charge in [-0.15, -0.1) is 0 Å². The van der Waals surface area contributed by atoms with Gasteiger partial charge in [-0.2, -0.15) is 0 Å². The first-order chi connectivity index (χ1) is 9.88. The number of hydrogen-bond donors (Lipinski definition) is 1. The molecule has 0 saturated carbocycles. The highest BCUT2D eigenvalue weighted by atomic mass is 16.5. The van der Waals surface area contributed by atoms with Gasteiger partial charge in [0.1, 0.15) is 11.9 Å². The number of pyridine rings is 1. The molecule has 1 rings (SSSR count). The van der Waals surface area contributed by atoms with Crippen molar-refractivity contribution in [3.8, 4) is 5.88 Å². The molecule has 0 aliphatic heterocycles. The first-order valence-electron chi connectivity index (χ1n) is 7.76. The van der Waals surface area contributed by atoms with E-state index in [0.717, 1.165) is 18.5 Å². The van der Waals surface area contributed by atoms with Crippen LogP contribution in [0.25, 0.3) is 0 Å². The monoisotopic (exact) mass is 292 g/mol. The van der Waals surface area contributed by atoms with E-state index in [-0.39, 0.29) is 12.0 Å². The van der Waals surface area contributed by atoms with Gasteiger partial charge >= 0.3 is 0 Å². The van der Waals surface area contributed by atoms with E-state index < -0.39 is 0 Å². The number of ketones is 1. The molecule has 0 unspecified atom stereocenters. The maximum atomic E-state index is 11.6. The lowest BCUT2D eigenvalue weighted by Gasteiger charge is -2.16. The van der Waals surface area contributed by atoms with E-state index in [1.165, 1.54) is 0 Å². The smallest absolute Gasteiger partial charge is 0.213 e. The number of ether oxygens (including phenoxy) is 1. The Morgan fingerprint density at radius 2 is 1.95 bits per heavy atom. The molecule has 1 atom stereocenters. The van der Waals surface area contributed by atoms with Gasteiger partial charge in [-0.05, 0) is 18.9 Å². The van der Waals surface area contributed by atoms with Crippen molar-refractivity contribution in [2.45, 2.75) is 59.6 Å². The third-order valence-corrected chi connectivity index (χ3v) is 3.24. The summed E-state index contributed by atoms with van der Waals surface area (Å²) in [6, 6.07) is 4.31. The Balaban J connectivity index is 2.41. The molecule has 0 bridgehead atoms. The molecule has 4 nitrogen and oxygen atoms in total. The average Bonchev–Trinajstić information content (AvgIpc) is 2.44. The first-order valence-corrected chi connectivity index (χ1v) is 7.76. The van der Waals surface area contributed by atoms with E-state index in [2.05, 4.69) is 24.1 Å². The Hall–Kier alpha value is -1.42. The summed E-state index contributed by atoms with van der Waals surface area (Å²) in [5.74, 6) is 1.03. The normalized spacial score (nSPS) is 12.7. The van der Waals surface area contributed by atoms with E-state index in [4.69, 9.17) is 4.74 Å². The van der Waals surface area contributed by atoms with Gasteiger partial charge < -0.3 is 10.1 Å². The van der Waals surface area contributed by atoms with Gasteiger partial charge in [0.15, 0.2) is 0 Å². The standard InChI is InChI=1S/C17H28N2O2/c1-12(2)16(20)8-6-15-7-9-17(19-11-15)21-14(5)10-18-13(3)4/h7,9,11-14,18H,6,8,10H2,1-5H3/t14-/m1/s1. The highest BCUT2D eigenvalue weighted by Gasteiger charge is 2.08. The number of nitrogens with zero attached hydrogens (tertiary/aromatic N) is 1. The second-order valence-corrected chi connectivity index (χ2v) is 6.12. The lowest BCUT2D eigenvalue weighted by Crippen LogP contribution is -2.33. The number of hydrogen-bond acceptors (Lipinski definition) is 4. The number of aryl methyl sites for hydroxylation is 1. The van der Waals surface area contributed by atoms with Gasteiger partial charge in [0, 0.05) is 37.2 Å². The van der Waals surface area contributed by atoms with Gasteiger partial charge in [-0.25, -0.2) is 4.98 Å². The highest BCUT2D eigenvalue weighted by molar-refractivity contribution is 5.80. The van der Waals surface area contributed by atoms with E-state index in [9.17, 15) is 4.79 Å². The third kappa shape index (κ3) is 7.23. The van der Waals surface area contributed by atoms with Crippen LogP contribution in [0.1, 0.15) is 46.6 Å². The zero-order valence-corrected chi connectivity index (χ0v) is 13.8. The Bertz CT molecular complexity index is 427. The Morgan fingerprint density at radius 1 is 1.24 bits per heavy atom. The van der Waals surface area contributed by atoms with Crippen molar-refractivity contribution in [3.05, 3.63) is 23.9 Å². The third-order valence-electron chi connectivity index (χ3n) is 3.24. The van der Waals surface area contributed by atoms with Crippen molar-refractivity contribution >= 4 is 5.78 Å². The van der Waals surface area contributed by atoms with Crippen LogP contribution in [-0.4, -0.2) is 29.5 Å². The van der Waals surface area contributed by atoms with E-state index in [1.54, 1.807) is 6.20 Å². The predicted octanol–water partition coefficient (Wildman–Crippen LogP) is 3.00. The summed E-state index contributed by atoms with van der Waals surface area (Å²) in [5.41, 5.74) is 1.07. The zero-order valence-electron chi connectivity index (χ0n) is 13.8. The van der Waals surface area contributed by atoms with Gasteiger partial charge in [0.2, 0.25) is 5.88 Å². The number of rotatable bonds is 9. The molecule has 21 heavy (non-hydrogen) atoms. The quantitative estimate of drug-likeness (QED) is 0.760. The predicted molar refractivity (Wildman–Crippen MR) is 85.6 cm³/mol. The minimum Gasteiger partial charge on any atom is -0.473 e. The van der Waals surface area contributed by atoms with Crippen LogP contribution in [0.15, 0.2) is 18.3 Å². The number of carbonyl (C=O) groups is 1. The topological polar surface area (TPSA) is 51.2 Å². The molecule has 1 aromatic rings. The molecule has 1 N–H and O–H groups in total. The average molecular weight is 292 g/mol. The lowest BCUT2D eigenvalue weighted by molar-refractivity contribution is -0.121. The van der Waals surface area contributed by atoms with Crippen molar-refractivity contribution in [1.29, 1.82) is 0 Å². The Morgan fingerprint density at radius 3 is 2.48 bits per heavy atom. The van der Waals surface area contributed by atoms with Crippen LogP contribution in [-0.2, 0) is 11.2 Å². The summed E-state index contributed by atoms with van der Waals surface area (Å²) >= 11 is 0. The molecule has 1 aromatic heterocycles. The number of Topliss-reactive ketones (excluding diaryl/α,β-unsaturated/α-hetero) is 1. The van der Waals surface area contributed by atoms with Gasteiger partial charge in [0.05, 0.1) is 0 Å². The second kappa shape index (κ2) is 8.78. The summed E-state index contributed by atoms with van der Waals surface area (Å²) in [4.78, 5) is 15.9. The van der Waals surface area contributed by atoms with Crippen LogP contribution >= 0.6 is 0 Å². The highest BCUT2D eigenvalue weighted by Crippen LogP contribution is 2.12. The minimum absolute atomic E-state index is 0.0771. The van der Waals surface area contributed by atoms with Crippen LogP contribution in [0, 0.1) is 5.92 Å². The molecule has 0 saturated heterocycles. The lowest BCUT2D eigenvalue weighted by atomic mass is 10.0. The fourth-order valence-corrected chi connectivity index (χ4v) is 1.83. The van der Waals surface area contributed by atoms with Crippen LogP contribution in [0.3, 0.4) is 0 Å². The van der Waals surface area contributed by atoms with E-state index >= 15 is 0 Å². The van der Waals surface area contributed by atoms with Crippen LogP contribution < -0.4 is 10.1 Å². The molecule has 118 valence electrons. The van der Waals surface area contributed by atoms with Crippen molar-refractivity contribution in [2.24, 2.45) is 5.92 Å². The maximum absolute atomic E-state index is 11.6. The van der Waals surface area contributed by atoms with Gasteiger partial charge in [0.25, 0.3) is 0 Å². The summed E-state index contributed by atoms with van der Waals surface area (Å²) in [6.07, 6.45) is 3.20. The molecule has 0 aliphatic carbocycles. The number of carbonyl (C=O) groups excluding carboxylic acids is 1. The Kier molecular flexibility index (Phi) is 7.37. The van der Waals surface area contributed by atoms with Crippen LogP contribution in [0.5, 0.6) is 5.88 Å². The molecule has 4 heteroatoms. The van der Waals surface area contributed by atoms with Crippen molar-refractivity contribution < 1.29 is 9.53 Å². The molecule has 0 aromatic carbocycles. The van der Waals surface area contributed by atoms with Crippen LogP contribution in [0.4, 0.5) is 0 Å². The van der Waals surface area contributed by atoms with E-state index in [0.29, 0.717) is 24.1 Å². The molecule has 0 spiro atoms. The first kappa shape index (κ1) is 17.6. The van der Waals surface area contributed by atoms with Gasteiger partial charge in [-0.1, -0.05) is 33.8 Å². The zero-order chi connectivity index (χ0) is 15.8. The molecule has 0 fully saturated rings. The fraction of sp³-hybridized carbons (Fsp3) is 0.647. The molecular weight excluding hydrogens is 264 g/mol. The van der Waals surface area contributed by atoms with Gasteiger partial charge in [-0.3, -0.25) is 4.79 Å². The summed E-state index contributed by atoms with van der Waals surface area (Å²) in [7, 11) is 0. The maximum Gasteiger partial charge on any atom is 0.213 e. The Labute approximate surface area is 128 Å². The summed E-state index contributed by atoms with van der Waals surface area (Å²) in [6.45, 7) is 10.9. The molecular formula is C17H28N2O2.